The third-order valence-corrected chi connectivity index (χ3v) is 4.58. The number of halogens is 1. The zero-order chi connectivity index (χ0) is 14.7. The Hall–Kier alpha value is -0.610. The number of benzene rings is 1. The van der Waals surface area contributed by atoms with E-state index in [0.717, 1.165) is 5.02 Å². The van der Waals surface area contributed by atoms with E-state index < -0.39 is 0 Å². The van der Waals surface area contributed by atoms with Gasteiger partial charge >= 0.3 is 0 Å². The standard InChI is InChI=1S/C16H26ClN3/c1-11-9-14(17)7-8-15(11)16(10-18)19-20-12(2)5-4-6-13(20)3/h7-9,12-13,16,19H,4-6,10,18H2,1-3H3. The van der Waals surface area contributed by atoms with Gasteiger partial charge in [-0.25, -0.2) is 10.4 Å². The molecule has 3 atom stereocenters. The van der Waals surface area contributed by atoms with Gasteiger partial charge in [0, 0.05) is 23.7 Å². The Labute approximate surface area is 127 Å². The first-order valence-corrected chi connectivity index (χ1v) is 7.91. The van der Waals surface area contributed by atoms with E-state index in [4.69, 9.17) is 17.3 Å². The lowest BCUT2D eigenvalue weighted by Gasteiger charge is -2.41. The highest BCUT2D eigenvalue weighted by Crippen LogP contribution is 2.25. The molecule has 0 spiro atoms. The molecule has 1 aromatic carbocycles. The summed E-state index contributed by atoms with van der Waals surface area (Å²) in [5, 5.41) is 3.16. The van der Waals surface area contributed by atoms with Crippen LogP contribution in [0.3, 0.4) is 0 Å². The molecule has 4 heteroatoms. The van der Waals surface area contributed by atoms with Crippen molar-refractivity contribution in [1.29, 1.82) is 0 Å². The van der Waals surface area contributed by atoms with Crippen LogP contribution in [0.2, 0.25) is 5.02 Å². The van der Waals surface area contributed by atoms with Crippen LogP contribution in [-0.2, 0) is 0 Å². The van der Waals surface area contributed by atoms with Crippen LogP contribution in [0.5, 0.6) is 0 Å². The van der Waals surface area contributed by atoms with Gasteiger partial charge in [-0.1, -0.05) is 24.1 Å². The minimum atomic E-state index is 0.148. The lowest BCUT2D eigenvalue weighted by Crippen LogP contribution is -2.54. The van der Waals surface area contributed by atoms with Crippen LogP contribution in [0.25, 0.3) is 0 Å². The van der Waals surface area contributed by atoms with Crippen molar-refractivity contribution >= 4 is 11.6 Å². The lowest BCUT2D eigenvalue weighted by molar-refractivity contribution is 0.0303. The molecule has 1 aliphatic heterocycles. The van der Waals surface area contributed by atoms with Crippen molar-refractivity contribution in [2.75, 3.05) is 6.54 Å². The molecule has 3 nitrogen and oxygen atoms in total. The summed E-state index contributed by atoms with van der Waals surface area (Å²) in [7, 11) is 0. The molecule has 1 heterocycles. The molecule has 3 N–H and O–H groups in total. The first-order valence-electron chi connectivity index (χ1n) is 7.53. The fourth-order valence-electron chi connectivity index (χ4n) is 3.13. The monoisotopic (exact) mass is 295 g/mol. The van der Waals surface area contributed by atoms with E-state index in [1.807, 2.05) is 12.1 Å². The number of hydrazine groups is 1. The minimum Gasteiger partial charge on any atom is -0.329 e. The number of hydrogen-bond donors (Lipinski definition) is 2. The van der Waals surface area contributed by atoms with Gasteiger partial charge in [-0.3, -0.25) is 0 Å². The molecule has 1 aromatic rings. The predicted molar refractivity (Wildman–Crippen MR) is 85.7 cm³/mol. The number of nitrogens with zero attached hydrogens (tertiary/aromatic N) is 1. The molecule has 1 fully saturated rings. The minimum absolute atomic E-state index is 0.148. The van der Waals surface area contributed by atoms with Crippen LogP contribution in [0.1, 0.15) is 50.3 Å². The SMILES string of the molecule is Cc1cc(Cl)ccc1C(CN)NN1C(C)CCCC1C. The number of nitrogens with one attached hydrogen (secondary N) is 1. The smallest absolute Gasteiger partial charge is 0.0589 e. The Morgan fingerprint density at radius 1 is 1.35 bits per heavy atom. The van der Waals surface area contributed by atoms with Crippen molar-refractivity contribution in [1.82, 2.24) is 10.4 Å². The summed E-state index contributed by atoms with van der Waals surface area (Å²) in [6.07, 6.45) is 3.80. The van der Waals surface area contributed by atoms with Crippen LogP contribution >= 0.6 is 11.6 Å². The summed E-state index contributed by atoms with van der Waals surface area (Å²) in [4.78, 5) is 0. The Kier molecular flexibility index (Phi) is 5.44. The van der Waals surface area contributed by atoms with Crippen LogP contribution in [0, 0.1) is 6.92 Å². The highest BCUT2D eigenvalue weighted by Gasteiger charge is 2.27. The summed E-state index contributed by atoms with van der Waals surface area (Å²) in [6.45, 7) is 7.24. The van der Waals surface area contributed by atoms with Gasteiger partial charge in [0.05, 0.1) is 6.04 Å². The molecule has 20 heavy (non-hydrogen) atoms. The van der Waals surface area contributed by atoms with E-state index in [2.05, 4.69) is 37.3 Å². The third-order valence-electron chi connectivity index (χ3n) is 4.34. The van der Waals surface area contributed by atoms with Gasteiger partial charge < -0.3 is 5.73 Å². The molecular weight excluding hydrogens is 270 g/mol. The topological polar surface area (TPSA) is 41.3 Å². The maximum atomic E-state index is 6.04. The highest BCUT2D eigenvalue weighted by molar-refractivity contribution is 6.30. The number of nitrogens with two attached hydrogens (primary N) is 1. The second-order valence-electron chi connectivity index (χ2n) is 5.95. The van der Waals surface area contributed by atoms with Gasteiger partial charge in [-0.2, -0.15) is 0 Å². The molecule has 0 amide bonds. The second-order valence-corrected chi connectivity index (χ2v) is 6.39. The first kappa shape index (κ1) is 15.8. The molecule has 3 unspecified atom stereocenters. The van der Waals surface area contributed by atoms with Crippen molar-refractivity contribution in [3.05, 3.63) is 34.3 Å². The van der Waals surface area contributed by atoms with E-state index in [0.29, 0.717) is 18.6 Å². The maximum absolute atomic E-state index is 6.04. The average Bonchev–Trinajstić information content (AvgIpc) is 2.40. The number of rotatable bonds is 4. The van der Waals surface area contributed by atoms with E-state index in [1.54, 1.807) is 0 Å². The fourth-order valence-corrected chi connectivity index (χ4v) is 3.36. The van der Waals surface area contributed by atoms with Gasteiger partial charge in [0.15, 0.2) is 0 Å². The van der Waals surface area contributed by atoms with Gasteiger partial charge in [-0.15, -0.1) is 0 Å². The summed E-state index contributed by atoms with van der Waals surface area (Å²) in [5.41, 5.74) is 12.1. The molecule has 0 aromatic heterocycles. The van der Waals surface area contributed by atoms with Crippen LogP contribution in [-0.4, -0.2) is 23.6 Å². The molecular formula is C16H26ClN3. The highest BCUT2D eigenvalue weighted by atomic mass is 35.5. The van der Waals surface area contributed by atoms with E-state index in [1.165, 1.54) is 30.4 Å². The first-order chi connectivity index (χ1) is 9.52. The quantitative estimate of drug-likeness (QED) is 0.894. The molecule has 1 aliphatic rings. The summed E-state index contributed by atoms with van der Waals surface area (Å²) in [5.74, 6) is 0. The second kappa shape index (κ2) is 6.90. The van der Waals surface area contributed by atoms with E-state index in [9.17, 15) is 0 Å². The van der Waals surface area contributed by atoms with Crippen molar-refractivity contribution in [3.8, 4) is 0 Å². The molecule has 1 saturated heterocycles. The maximum Gasteiger partial charge on any atom is 0.0589 e. The van der Waals surface area contributed by atoms with Crippen molar-refractivity contribution in [2.24, 2.45) is 5.73 Å². The number of piperidine rings is 1. The Balaban J connectivity index is 2.15. The number of hydrogen-bond acceptors (Lipinski definition) is 3. The van der Waals surface area contributed by atoms with Gasteiger partial charge in [0.25, 0.3) is 0 Å². The molecule has 0 aliphatic carbocycles. The molecule has 2 rings (SSSR count). The predicted octanol–water partition coefficient (Wildman–Crippen LogP) is 3.42. The summed E-state index contributed by atoms with van der Waals surface area (Å²) < 4.78 is 0. The van der Waals surface area contributed by atoms with Crippen molar-refractivity contribution < 1.29 is 0 Å². The van der Waals surface area contributed by atoms with Crippen LogP contribution in [0.4, 0.5) is 0 Å². The zero-order valence-corrected chi connectivity index (χ0v) is 13.5. The third kappa shape index (κ3) is 3.53. The average molecular weight is 296 g/mol. The largest absolute Gasteiger partial charge is 0.329 e. The molecule has 0 bridgehead atoms. The normalized spacial score (nSPS) is 25.6. The molecule has 0 radical (unpaired) electrons. The Morgan fingerprint density at radius 2 is 2.00 bits per heavy atom. The fraction of sp³-hybridized carbons (Fsp3) is 0.625. The van der Waals surface area contributed by atoms with Gasteiger partial charge in [-0.05, 0) is 56.9 Å². The Morgan fingerprint density at radius 3 is 2.55 bits per heavy atom. The molecule has 112 valence electrons. The lowest BCUT2D eigenvalue weighted by atomic mass is 9.98. The Bertz CT molecular complexity index is 439. The van der Waals surface area contributed by atoms with E-state index in [-0.39, 0.29) is 6.04 Å². The van der Waals surface area contributed by atoms with Gasteiger partial charge in [0.2, 0.25) is 0 Å². The summed E-state index contributed by atoms with van der Waals surface area (Å²) >= 11 is 6.04. The van der Waals surface area contributed by atoms with Crippen molar-refractivity contribution in [3.63, 3.8) is 0 Å². The van der Waals surface area contributed by atoms with Crippen molar-refractivity contribution in [2.45, 2.75) is 58.2 Å². The van der Waals surface area contributed by atoms with Crippen LogP contribution in [0.15, 0.2) is 18.2 Å². The molecule has 0 saturated carbocycles. The van der Waals surface area contributed by atoms with Gasteiger partial charge in [0.1, 0.15) is 0 Å². The zero-order valence-electron chi connectivity index (χ0n) is 12.7. The summed E-state index contributed by atoms with van der Waals surface area (Å²) in [6, 6.07) is 7.29. The number of aryl methyl sites for hydroxylation is 1. The van der Waals surface area contributed by atoms with Crippen LogP contribution < -0.4 is 11.2 Å². The van der Waals surface area contributed by atoms with E-state index >= 15 is 0 Å².